The zero-order valence-corrected chi connectivity index (χ0v) is 8.19. The fraction of sp³-hybridized carbons (Fsp3) is 0.0909. The number of aromatic amines is 1. The van der Waals surface area contributed by atoms with Crippen LogP contribution in [0.15, 0.2) is 35.1 Å². The minimum atomic E-state index is -0.157. The van der Waals surface area contributed by atoms with Crippen LogP contribution in [0.25, 0.3) is 5.69 Å². The Morgan fingerprint density at radius 2 is 2.13 bits per heavy atom. The molecule has 0 spiro atoms. The van der Waals surface area contributed by atoms with Gasteiger partial charge in [-0.2, -0.15) is 5.26 Å². The maximum absolute atomic E-state index is 11.5. The van der Waals surface area contributed by atoms with E-state index in [9.17, 15) is 4.79 Å². The maximum atomic E-state index is 11.5. The Morgan fingerprint density at radius 1 is 1.40 bits per heavy atom. The molecule has 0 saturated heterocycles. The second kappa shape index (κ2) is 3.46. The average Bonchev–Trinajstić information content (AvgIpc) is 2.57. The molecular formula is C11H9N3O. The van der Waals surface area contributed by atoms with Crippen molar-refractivity contribution in [1.29, 1.82) is 5.26 Å². The average molecular weight is 199 g/mol. The third-order valence-electron chi connectivity index (χ3n) is 2.11. The van der Waals surface area contributed by atoms with Crippen molar-refractivity contribution in [2.75, 3.05) is 0 Å². The monoisotopic (exact) mass is 199 g/mol. The van der Waals surface area contributed by atoms with Crippen molar-refractivity contribution in [3.8, 4) is 11.8 Å². The smallest absolute Gasteiger partial charge is 0.271 e. The highest BCUT2D eigenvalue weighted by Crippen LogP contribution is 2.10. The van der Waals surface area contributed by atoms with E-state index in [-0.39, 0.29) is 5.56 Å². The Bertz CT molecular complexity index is 586. The summed E-state index contributed by atoms with van der Waals surface area (Å²) in [6.45, 7) is 1.80. The van der Waals surface area contributed by atoms with Crippen molar-refractivity contribution in [3.05, 3.63) is 51.9 Å². The molecule has 2 aromatic rings. The van der Waals surface area contributed by atoms with Crippen molar-refractivity contribution < 1.29 is 0 Å². The van der Waals surface area contributed by atoms with E-state index in [1.165, 1.54) is 10.7 Å². The number of hydrogen-bond acceptors (Lipinski definition) is 2. The largest absolute Gasteiger partial charge is 0.295 e. The number of nitrogens with one attached hydrogen (secondary N) is 1. The molecule has 0 atom stereocenters. The van der Waals surface area contributed by atoms with Gasteiger partial charge in [-0.05, 0) is 19.1 Å². The molecule has 74 valence electrons. The third kappa shape index (κ3) is 1.55. The lowest BCUT2D eigenvalue weighted by Crippen LogP contribution is -2.14. The van der Waals surface area contributed by atoms with Gasteiger partial charge in [0.1, 0.15) is 6.07 Å². The summed E-state index contributed by atoms with van der Waals surface area (Å²) in [4.78, 5) is 11.5. The zero-order valence-electron chi connectivity index (χ0n) is 8.19. The normalized spacial score (nSPS) is 9.87. The molecule has 0 fully saturated rings. The Labute approximate surface area is 86.4 Å². The molecule has 4 heteroatoms. The summed E-state index contributed by atoms with van der Waals surface area (Å²) in [6.07, 6.45) is 0. The van der Waals surface area contributed by atoms with Crippen LogP contribution in [0.5, 0.6) is 0 Å². The first-order chi connectivity index (χ1) is 7.22. The second-order valence-corrected chi connectivity index (χ2v) is 3.24. The topological polar surface area (TPSA) is 61.6 Å². The first-order valence-corrected chi connectivity index (χ1v) is 4.50. The van der Waals surface area contributed by atoms with E-state index in [1.54, 1.807) is 31.2 Å². The molecule has 1 aromatic heterocycles. The van der Waals surface area contributed by atoms with Crippen LogP contribution in [-0.2, 0) is 0 Å². The fourth-order valence-corrected chi connectivity index (χ4v) is 1.46. The van der Waals surface area contributed by atoms with E-state index in [1.807, 2.05) is 0 Å². The molecule has 4 nitrogen and oxygen atoms in total. The molecule has 0 aliphatic carbocycles. The molecule has 0 amide bonds. The van der Waals surface area contributed by atoms with E-state index in [0.29, 0.717) is 11.3 Å². The standard InChI is InChI=1S/C11H9N3O/c1-8-6-11(15)14(13-8)10-5-3-2-4-9(10)7-12/h2-6,13H,1H3. The lowest BCUT2D eigenvalue weighted by Gasteiger charge is -2.02. The van der Waals surface area contributed by atoms with Crippen LogP contribution < -0.4 is 5.56 Å². The molecule has 0 unspecified atom stereocenters. The van der Waals surface area contributed by atoms with Crippen molar-refractivity contribution in [2.45, 2.75) is 6.92 Å². The summed E-state index contributed by atoms with van der Waals surface area (Å²) < 4.78 is 1.37. The lowest BCUT2D eigenvalue weighted by atomic mass is 10.2. The molecule has 0 aliphatic rings. The number of aromatic nitrogens is 2. The van der Waals surface area contributed by atoms with Gasteiger partial charge in [0.15, 0.2) is 0 Å². The Morgan fingerprint density at radius 3 is 2.73 bits per heavy atom. The van der Waals surface area contributed by atoms with Gasteiger partial charge in [-0.3, -0.25) is 9.89 Å². The maximum Gasteiger partial charge on any atom is 0.271 e. The molecule has 1 heterocycles. The van der Waals surface area contributed by atoms with E-state index in [2.05, 4.69) is 11.2 Å². The van der Waals surface area contributed by atoms with Crippen molar-refractivity contribution in [1.82, 2.24) is 9.78 Å². The quantitative estimate of drug-likeness (QED) is 0.753. The van der Waals surface area contributed by atoms with Crippen LogP contribution in [0.1, 0.15) is 11.3 Å². The first kappa shape index (κ1) is 9.28. The van der Waals surface area contributed by atoms with Gasteiger partial charge in [-0.25, -0.2) is 4.68 Å². The molecule has 0 aliphatic heterocycles. The van der Waals surface area contributed by atoms with E-state index in [0.717, 1.165) is 5.69 Å². The molecule has 15 heavy (non-hydrogen) atoms. The molecular weight excluding hydrogens is 190 g/mol. The van der Waals surface area contributed by atoms with Gasteiger partial charge in [0, 0.05) is 11.8 Å². The zero-order chi connectivity index (χ0) is 10.8. The number of para-hydroxylation sites is 1. The summed E-state index contributed by atoms with van der Waals surface area (Å²) in [5, 5.41) is 11.8. The van der Waals surface area contributed by atoms with Crippen LogP contribution in [0.3, 0.4) is 0 Å². The number of hydrogen-bond donors (Lipinski definition) is 1. The van der Waals surface area contributed by atoms with Crippen LogP contribution in [0.4, 0.5) is 0 Å². The van der Waals surface area contributed by atoms with Gasteiger partial charge in [0.05, 0.1) is 11.3 Å². The highest BCUT2D eigenvalue weighted by molar-refractivity contribution is 5.47. The molecule has 1 aromatic carbocycles. The highest BCUT2D eigenvalue weighted by atomic mass is 16.1. The third-order valence-corrected chi connectivity index (χ3v) is 2.11. The number of aryl methyl sites for hydroxylation is 1. The highest BCUT2D eigenvalue weighted by Gasteiger charge is 2.06. The van der Waals surface area contributed by atoms with Crippen LogP contribution in [0, 0.1) is 18.3 Å². The van der Waals surface area contributed by atoms with E-state index >= 15 is 0 Å². The van der Waals surface area contributed by atoms with Gasteiger partial charge in [-0.1, -0.05) is 12.1 Å². The minimum Gasteiger partial charge on any atom is -0.295 e. The van der Waals surface area contributed by atoms with Gasteiger partial charge >= 0.3 is 0 Å². The Kier molecular flexibility index (Phi) is 2.14. The summed E-state index contributed by atoms with van der Waals surface area (Å²) in [7, 11) is 0. The van der Waals surface area contributed by atoms with Gasteiger partial charge in [-0.15, -0.1) is 0 Å². The SMILES string of the molecule is Cc1cc(=O)n(-c2ccccc2C#N)[nH]1. The van der Waals surface area contributed by atoms with Gasteiger partial charge < -0.3 is 0 Å². The van der Waals surface area contributed by atoms with Gasteiger partial charge in [0.2, 0.25) is 0 Å². The summed E-state index contributed by atoms with van der Waals surface area (Å²) >= 11 is 0. The molecule has 1 N–H and O–H groups in total. The summed E-state index contributed by atoms with van der Waals surface area (Å²) in [6, 6.07) is 10.5. The predicted octanol–water partition coefficient (Wildman–Crippen LogP) is 1.35. The van der Waals surface area contributed by atoms with Crippen LogP contribution >= 0.6 is 0 Å². The number of H-pyrrole nitrogens is 1. The molecule has 0 saturated carbocycles. The Hall–Kier alpha value is -2.28. The Balaban J connectivity index is 2.70. The minimum absolute atomic E-state index is 0.157. The number of nitrogens with zero attached hydrogens (tertiary/aromatic N) is 2. The number of rotatable bonds is 1. The first-order valence-electron chi connectivity index (χ1n) is 4.50. The van der Waals surface area contributed by atoms with Gasteiger partial charge in [0.25, 0.3) is 5.56 Å². The van der Waals surface area contributed by atoms with E-state index < -0.39 is 0 Å². The van der Waals surface area contributed by atoms with Crippen molar-refractivity contribution in [2.24, 2.45) is 0 Å². The van der Waals surface area contributed by atoms with Crippen molar-refractivity contribution in [3.63, 3.8) is 0 Å². The van der Waals surface area contributed by atoms with E-state index in [4.69, 9.17) is 5.26 Å². The fourth-order valence-electron chi connectivity index (χ4n) is 1.46. The predicted molar refractivity (Wildman–Crippen MR) is 55.8 cm³/mol. The summed E-state index contributed by atoms with van der Waals surface area (Å²) in [5.41, 5.74) is 1.67. The number of benzene rings is 1. The van der Waals surface area contributed by atoms with Crippen molar-refractivity contribution >= 4 is 0 Å². The molecule has 2 rings (SSSR count). The summed E-state index contributed by atoms with van der Waals surface area (Å²) in [5.74, 6) is 0. The lowest BCUT2D eigenvalue weighted by molar-refractivity contribution is 0.833. The van der Waals surface area contributed by atoms with Crippen LogP contribution in [0.2, 0.25) is 0 Å². The second-order valence-electron chi connectivity index (χ2n) is 3.24. The van der Waals surface area contributed by atoms with Crippen LogP contribution in [-0.4, -0.2) is 9.78 Å². The molecule has 0 bridgehead atoms. The molecule has 0 radical (unpaired) electrons. The number of nitriles is 1.